The van der Waals surface area contributed by atoms with Crippen LogP contribution in [-0.4, -0.2) is 18.9 Å². The Bertz CT molecular complexity index is 357. The maximum atomic E-state index is 10.6. The van der Waals surface area contributed by atoms with E-state index in [9.17, 15) is 4.79 Å². The minimum absolute atomic E-state index is 0.540. The van der Waals surface area contributed by atoms with Crippen molar-refractivity contribution < 1.29 is 4.79 Å². The van der Waals surface area contributed by atoms with Crippen LogP contribution in [0.15, 0.2) is 18.2 Å². The van der Waals surface area contributed by atoms with Gasteiger partial charge in [-0.25, -0.2) is 0 Å². The first-order valence-corrected chi connectivity index (χ1v) is 5.07. The van der Waals surface area contributed by atoms with Gasteiger partial charge in [-0.05, 0) is 44.0 Å². The highest BCUT2D eigenvalue weighted by Gasteiger charge is 2.20. The average molecular weight is 189 g/mol. The van der Waals surface area contributed by atoms with Crippen LogP contribution in [0, 0.1) is 0 Å². The second kappa shape index (κ2) is 3.45. The van der Waals surface area contributed by atoms with Crippen molar-refractivity contribution in [2.45, 2.75) is 26.3 Å². The summed E-state index contributed by atoms with van der Waals surface area (Å²) in [6.45, 7) is 5.47. The number of carbonyl (C=O) groups is 1. The predicted molar refractivity (Wildman–Crippen MR) is 58.0 cm³/mol. The summed E-state index contributed by atoms with van der Waals surface area (Å²) < 4.78 is 0. The summed E-state index contributed by atoms with van der Waals surface area (Å²) >= 11 is 0. The number of nitrogens with zero attached hydrogens (tertiary/aromatic N) is 1. The molecule has 0 atom stereocenters. The molecule has 1 aromatic rings. The van der Waals surface area contributed by atoms with Gasteiger partial charge in [-0.1, -0.05) is 0 Å². The number of rotatable bonds is 2. The molecule has 0 aliphatic carbocycles. The molecule has 0 saturated carbocycles. The van der Waals surface area contributed by atoms with Crippen LogP contribution in [0.5, 0.6) is 0 Å². The van der Waals surface area contributed by atoms with E-state index in [4.69, 9.17) is 0 Å². The van der Waals surface area contributed by atoms with Crippen LogP contribution < -0.4 is 4.90 Å². The van der Waals surface area contributed by atoms with Crippen molar-refractivity contribution in [2.24, 2.45) is 0 Å². The zero-order valence-corrected chi connectivity index (χ0v) is 8.66. The third-order valence-corrected chi connectivity index (χ3v) is 2.79. The Morgan fingerprint density at radius 3 is 2.86 bits per heavy atom. The van der Waals surface area contributed by atoms with Gasteiger partial charge in [0.1, 0.15) is 6.29 Å². The molecule has 1 heterocycles. The number of hydrogen-bond acceptors (Lipinski definition) is 2. The second-order valence-electron chi connectivity index (χ2n) is 4.04. The fourth-order valence-corrected chi connectivity index (χ4v) is 2.06. The largest absolute Gasteiger partial charge is 0.369 e. The van der Waals surface area contributed by atoms with E-state index in [1.165, 1.54) is 11.3 Å². The third kappa shape index (κ3) is 1.41. The fourth-order valence-electron chi connectivity index (χ4n) is 2.06. The quantitative estimate of drug-likeness (QED) is 0.665. The Morgan fingerprint density at radius 1 is 1.43 bits per heavy atom. The van der Waals surface area contributed by atoms with Gasteiger partial charge in [0.2, 0.25) is 0 Å². The van der Waals surface area contributed by atoms with Crippen molar-refractivity contribution in [3.8, 4) is 0 Å². The molecule has 1 aromatic carbocycles. The molecule has 2 nitrogen and oxygen atoms in total. The highest BCUT2D eigenvalue weighted by atomic mass is 16.1. The van der Waals surface area contributed by atoms with E-state index in [2.05, 4.69) is 24.8 Å². The van der Waals surface area contributed by atoms with Crippen molar-refractivity contribution in [3.05, 3.63) is 29.3 Å². The smallest absolute Gasteiger partial charge is 0.150 e. The van der Waals surface area contributed by atoms with Crippen LogP contribution in [-0.2, 0) is 6.42 Å². The molecule has 0 aromatic heterocycles. The summed E-state index contributed by atoms with van der Waals surface area (Å²) in [4.78, 5) is 13.0. The second-order valence-corrected chi connectivity index (χ2v) is 4.04. The van der Waals surface area contributed by atoms with E-state index in [0.717, 1.165) is 24.8 Å². The Balaban J connectivity index is 2.38. The molecule has 0 bridgehead atoms. The summed E-state index contributed by atoms with van der Waals surface area (Å²) in [7, 11) is 0. The predicted octanol–water partition coefficient (Wildman–Crippen LogP) is 2.27. The molecule has 0 spiro atoms. The molecule has 14 heavy (non-hydrogen) atoms. The van der Waals surface area contributed by atoms with E-state index in [0.29, 0.717) is 6.04 Å². The average Bonchev–Trinajstić information content (AvgIpc) is 2.59. The Kier molecular flexibility index (Phi) is 2.28. The molecule has 1 aliphatic rings. The zero-order valence-electron chi connectivity index (χ0n) is 8.66. The Labute approximate surface area is 84.5 Å². The lowest BCUT2D eigenvalue weighted by Crippen LogP contribution is -2.28. The van der Waals surface area contributed by atoms with E-state index in [-0.39, 0.29) is 0 Å². The summed E-state index contributed by atoms with van der Waals surface area (Å²) in [6, 6.07) is 6.50. The molecule has 74 valence electrons. The van der Waals surface area contributed by atoms with Gasteiger partial charge in [-0.15, -0.1) is 0 Å². The summed E-state index contributed by atoms with van der Waals surface area (Å²) in [5.41, 5.74) is 3.39. The molecule has 0 N–H and O–H groups in total. The van der Waals surface area contributed by atoms with Gasteiger partial charge in [0.05, 0.1) is 0 Å². The molecule has 0 saturated heterocycles. The van der Waals surface area contributed by atoms with Gasteiger partial charge >= 0.3 is 0 Å². The Morgan fingerprint density at radius 2 is 2.21 bits per heavy atom. The minimum atomic E-state index is 0.540. The zero-order chi connectivity index (χ0) is 10.1. The lowest BCUT2D eigenvalue weighted by Gasteiger charge is -2.23. The molecular formula is C12H15NO. The van der Waals surface area contributed by atoms with Gasteiger partial charge in [0.15, 0.2) is 0 Å². The fraction of sp³-hybridized carbons (Fsp3) is 0.417. The first kappa shape index (κ1) is 9.25. The first-order valence-electron chi connectivity index (χ1n) is 5.07. The van der Waals surface area contributed by atoms with Crippen molar-refractivity contribution in [1.82, 2.24) is 0 Å². The molecule has 0 fully saturated rings. The van der Waals surface area contributed by atoms with Crippen LogP contribution in [0.2, 0.25) is 0 Å². The molecular weight excluding hydrogens is 174 g/mol. The van der Waals surface area contributed by atoms with Crippen molar-refractivity contribution in [3.63, 3.8) is 0 Å². The number of hydrogen-bond donors (Lipinski definition) is 0. The van der Waals surface area contributed by atoms with Crippen molar-refractivity contribution >= 4 is 12.0 Å². The lowest BCUT2D eigenvalue weighted by atomic mass is 10.1. The highest BCUT2D eigenvalue weighted by molar-refractivity contribution is 5.77. The molecule has 2 heteroatoms. The summed E-state index contributed by atoms with van der Waals surface area (Å²) in [6.07, 6.45) is 1.98. The lowest BCUT2D eigenvalue weighted by molar-refractivity contribution is 0.112. The number of benzene rings is 1. The number of fused-ring (bicyclic) bond motifs is 1. The van der Waals surface area contributed by atoms with Gasteiger partial charge in [0, 0.05) is 23.8 Å². The van der Waals surface area contributed by atoms with E-state index in [1.807, 2.05) is 12.1 Å². The van der Waals surface area contributed by atoms with Crippen LogP contribution >= 0.6 is 0 Å². The normalized spacial score (nSPS) is 14.6. The van der Waals surface area contributed by atoms with Gasteiger partial charge < -0.3 is 4.90 Å². The topological polar surface area (TPSA) is 20.3 Å². The van der Waals surface area contributed by atoms with E-state index < -0.39 is 0 Å². The van der Waals surface area contributed by atoms with Crippen molar-refractivity contribution in [2.75, 3.05) is 11.4 Å². The summed E-state index contributed by atoms with van der Waals surface area (Å²) in [5, 5.41) is 0. The third-order valence-electron chi connectivity index (χ3n) is 2.79. The number of carbonyl (C=O) groups excluding carboxylic acids is 1. The molecule has 1 aliphatic heterocycles. The number of aldehydes is 1. The SMILES string of the molecule is CC(C)N1CCc2cc(C=O)ccc21. The minimum Gasteiger partial charge on any atom is -0.369 e. The van der Waals surface area contributed by atoms with Crippen LogP contribution in [0.25, 0.3) is 0 Å². The molecule has 0 amide bonds. The van der Waals surface area contributed by atoms with Crippen molar-refractivity contribution in [1.29, 1.82) is 0 Å². The standard InChI is InChI=1S/C12H15NO/c1-9(2)13-6-5-11-7-10(8-14)3-4-12(11)13/h3-4,7-9H,5-6H2,1-2H3. The van der Waals surface area contributed by atoms with Gasteiger partial charge in [-0.2, -0.15) is 0 Å². The molecule has 0 radical (unpaired) electrons. The summed E-state index contributed by atoms with van der Waals surface area (Å²) in [5.74, 6) is 0. The Hall–Kier alpha value is -1.31. The molecule has 0 unspecified atom stereocenters. The highest BCUT2D eigenvalue weighted by Crippen LogP contribution is 2.29. The maximum Gasteiger partial charge on any atom is 0.150 e. The maximum absolute atomic E-state index is 10.6. The van der Waals surface area contributed by atoms with Crippen LogP contribution in [0.4, 0.5) is 5.69 Å². The monoisotopic (exact) mass is 189 g/mol. The van der Waals surface area contributed by atoms with E-state index in [1.54, 1.807) is 0 Å². The van der Waals surface area contributed by atoms with Crippen LogP contribution in [0.1, 0.15) is 29.8 Å². The van der Waals surface area contributed by atoms with Gasteiger partial charge in [-0.3, -0.25) is 4.79 Å². The van der Waals surface area contributed by atoms with E-state index >= 15 is 0 Å². The molecule has 2 rings (SSSR count). The van der Waals surface area contributed by atoms with Crippen LogP contribution in [0.3, 0.4) is 0 Å². The van der Waals surface area contributed by atoms with Gasteiger partial charge in [0.25, 0.3) is 0 Å². The number of anilines is 1. The first-order chi connectivity index (χ1) is 6.72.